The fourth-order valence-corrected chi connectivity index (χ4v) is 2.36. The lowest BCUT2D eigenvalue weighted by atomic mass is 9.96. The van der Waals surface area contributed by atoms with Crippen molar-refractivity contribution in [3.63, 3.8) is 0 Å². The molecule has 0 saturated carbocycles. The van der Waals surface area contributed by atoms with E-state index in [4.69, 9.17) is 4.74 Å². The third kappa shape index (κ3) is 3.07. The van der Waals surface area contributed by atoms with Gasteiger partial charge in [0.1, 0.15) is 17.1 Å². The molecular formula is C16H20N2O3. The number of hydrogen-bond acceptors (Lipinski definition) is 4. The molecule has 0 aliphatic carbocycles. The Labute approximate surface area is 124 Å². The first-order chi connectivity index (χ1) is 10.00. The van der Waals surface area contributed by atoms with E-state index in [2.05, 4.69) is 10.3 Å². The standard InChI is InChI=1S/C16H20N2O3/c1-4-8-16(2,15(19)20)18-14-13-10-12(21-3)6-5-11(13)7-9-17-14/h5-7,9-10H,4,8H2,1-3H3,(H,17,18)(H,19,20). The van der Waals surface area contributed by atoms with Gasteiger partial charge in [-0.2, -0.15) is 0 Å². The van der Waals surface area contributed by atoms with Crippen molar-refractivity contribution in [2.24, 2.45) is 0 Å². The maximum atomic E-state index is 11.6. The molecule has 0 fully saturated rings. The Hall–Kier alpha value is -2.30. The molecule has 0 bridgehead atoms. The molecule has 112 valence electrons. The molecule has 2 N–H and O–H groups in total. The van der Waals surface area contributed by atoms with Crippen LogP contribution in [-0.4, -0.2) is 28.7 Å². The fraction of sp³-hybridized carbons (Fsp3) is 0.375. The zero-order valence-electron chi connectivity index (χ0n) is 12.5. The van der Waals surface area contributed by atoms with Crippen LogP contribution in [0.3, 0.4) is 0 Å². The number of ether oxygens (including phenoxy) is 1. The SMILES string of the molecule is CCCC(C)(Nc1nccc2ccc(OC)cc12)C(=O)O. The van der Waals surface area contributed by atoms with Crippen LogP contribution in [0.1, 0.15) is 26.7 Å². The third-order valence-corrected chi connectivity index (χ3v) is 3.59. The summed E-state index contributed by atoms with van der Waals surface area (Å²) in [6.45, 7) is 3.64. The number of pyridine rings is 1. The number of aromatic nitrogens is 1. The molecule has 1 heterocycles. The number of nitrogens with one attached hydrogen (secondary N) is 1. The molecule has 0 saturated heterocycles. The highest BCUT2D eigenvalue weighted by Crippen LogP contribution is 2.28. The number of benzene rings is 1. The van der Waals surface area contributed by atoms with Gasteiger partial charge in [-0.25, -0.2) is 9.78 Å². The number of hydrogen-bond donors (Lipinski definition) is 2. The minimum atomic E-state index is -1.04. The van der Waals surface area contributed by atoms with Crippen molar-refractivity contribution >= 4 is 22.6 Å². The molecule has 0 radical (unpaired) electrons. The number of carboxylic acids is 1. The van der Waals surface area contributed by atoms with E-state index in [1.165, 1.54) is 0 Å². The van der Waals surface area contributed by atoms with E-state index >= 15 is 0 Å². The van der Waals surface area contributed by atoms with Gasteiger partial charge in [0.15, 0.2) is 0 Å². The summed E-state index contributed by atoms with van der Waals surface area (Å²) < 4.78 is 5.23. The van der Waals surface area contributed by atoms with Crippen LogP contribution in [0.25, 0.3) is 10.8 Å². The molecule has 5 heteroatoms. The second kappa shape index (κ2) is 5.99. The van der Waals surface area contributed by atoms with E-state index in [0.29, 0.717) is 18.0 Å². The molecule has 0 spiro atoms. The topological polar surface area (TPSA) is 71.5 Å². The van der Waals surface area contributed by atoms with Crippen molar-refractivity contribution in [3.8, 4) is 5.75 Å². The summed E-state index contributed by atoms with van der Waals surface area (Å²) >= 11 is 0. The van der Waals surface area contributed by atoms with Gasteiger partial charge in [0.25, 0.3) is 0 Å². The lowest BCUT2D eigenvalue weighted by molar-refractivity contribution is -0.142. The average Bonchev–Trinajstić information content (AvgIpc) is 2.47. The average molecular weight is 288 g/mol. The lowest BCUT2D eigenvalue weighted by Gasteiger charge is -2.27. The molecule has 1 aromatic carbocycles. The minimum absolute atomic E-state index is 0.518. The van der Waals surface area contributed by atoms with Gasteiger partial charge in [-0.1, -0.05) is 19.4 Å². The molecule has 21 heavy (non-hydrogen) atoms. The van der Waals surface area contributed by atoms with Crippen molar-refractivity contribution in [1.29, 1.82) is 0 Å². The van der Waals surface area contributed by atoms with E-state index in [-0.39, 0.29) is 0 Å². The van der Waals surface area contributed by atoms with Crippen LogP contribution in [0.15, 0.2) is 30.5 Å². The number of carbonyl (C=O) groups is 1. The molecule has 2 rings (SSSR count). The van der Waals surface area contributed by atoms with E-state index in [1.807, 2.05) is 31.2 Å². The second-order valence-corrected chi connectivity index (χ2v) is 5.26. The highest BCUT2D eigenvalue weighted by molar-refractivity contribution is 5.94. The highest BCUT2D eigenvalue weighted by Gasteiger charge is 2.32. The fourth-order valence-electron chi connectivity index (χ4n) is 2.36. The van der Waals surface area contributed by atoms with Gasteiger partial charge in [-0.05, 0) is 36.9 Å². The van der Waals surface area contributed by atoms with Crippen molar-refractivity contribution in [3.05, 3.63) is 30.5 Å². The number of fused-ring (bicyclic) bond motifs is 1. The number of aliphatic carboxylic acids is 1. The molecule has 1 atom stereocenters. The summed E-state index contributed by atoms with van der Waals surface area (Å²) in [5.41, 5.74) is -1.04. The zero-order valence-corrected chi connectivity index (χ0v) is 12.5. The molecule has 5 nitrogen and oxygen atoms in total. The molecule has 0 aliphatic heterocycles. The summed E-state index contributed by atoms with van der Waals surface area (Å²) in [7, 11) is 1.60. The maximum absolute atomic E-state index is 11.6. The van der Waals surface area contributed by atoms with E-state index < -0.39 is 11.5 Å². The smallest absolute Gasteiger partial charge is 0.329 e. The third-order valence-electron chi connectivity index (χ3n) is 3.59. The van der Waals surface area contributed by atoms with Gasteiger partial charge >= 0.3 is 5.97 Å². The van der Waals surface area contributed by atoms with Crippen LogP contribution in [0.4, 0.5) is 5.82 Å². The van der Waals surface area contributed by atoms with Crippen LogP contribution >= 0.6 is 0 Å². The number of methoxy groups -OCH3 is 1. The first kappa shape index (κ1) is 15.1. The Morgan fingerprint density at radius 1 is 1.43 bits per heavy atom. The Morgan fingerprint density at radius 3 is 2.81 bits per heavy atom. The second-order valence-electron chi connectivity index (χ2n) is 5.26. The normalized spacial score (nSPS) is 13.7. The maximum Gasteiger partial charge on any atom is 0.329 e. The van der Waals surface area contributed by atoms with Crippen molar-refractivity contribution < 1.29 is 14.6 Å². The molecule has 0 aliphatic rings. The van der Waals surface area contributed by atoms with Crippen molar-refractivity contribution in [2.45, 2.75) is 32.2 Å². The van der Waals surface area contributed by atoms with Gasteiger partial charge in [0.2, 0.25) is 0 Å². The summed E-state index contributed by atoms with van der Waals surface area (Å²) in [6, 6.07) is 7.55. The van der Waals surface area contributed by atoms with E-state index in [1.54, 1.807) is 20.2 Å². The zero-order chi connectivity index (χ0) is 15.5. The summed E-state index contributed by atoms with van der Waals surface area (Å²) in [4.78, 5) is 15.9. The Kier molecular flexibility index (Phi) is 4.31. The van der Waals surface area contributed by atoms with Gasteiger partial charge in [-0.15, -0.1) is 0 Å². The molecule has 2 aromatic rings. The predicted octanol–water partition coefficient (Wildman–Crippen LogP) is 3.30. The number of nitrogens with zero attached hydrogens (tertiary/aromatic N) is 1. The number of carboxylic acid groups (broad SMARTS) is 1. The Morgan fingerprint density at radius 2 is 2.19 bits per heavy atom. The van der Waals surface area contributed by atoms with Crippen LogP contribution in [0, 0.1) is 0 Å². The quantitative estimate of drug-likeness (QED) is 0.853. The monoisotopic (exact) mass is 288 g/mol. The number of rotatable bonds is 6. The van der Waals surface area contributed by atoms with Gasteiger partial charge in [0, 0.05) is 11.6 Å². The van der Waals surface area contributed by atoms with Crippen molar-refractivity contribution in [1.82, 2.24) is 4.98 Å². The van der Waals surface area contributed by atoms with Crippen LogP contribution in [0.2, 0.25) is 0 Å². The largest absolute Gasteiger partial charge is 0.497 e. The van der Waals surface area contributed by atoms with E-state index in [9.17, 15) is 9.90 Å². The van der Waals surface area contributed by atoms with Crippen LogP contribution in [-0.2, 0) is 4.79 Å². The Bertz CT molecular complexity index is 657. The van der Waals surface area contributed by atoms with Crippen LogP contribution < -0.4 is 10.1 Å². The Balaban J connectivity index is 2.48. The summed E-state index contributed by atoms with van der Waals surface area (Å²) in [6.07, 6.45) is 2.96. The molecule has 0 amide bonds. The van der Waals surface area contributed by atoms with Crippen molar-refractivity contribution in [2.75, 3.05) is 12.4 Å². The first-order valence-corrected chi connectivity index (χ1v) is 6.94. The first-order valence-electron chi connectivity index (χ1n) is 6.94. The molecule has 1 aromatic heterocycles. The summed E-state index contributed by atoms with van der Waals surface area (Å²) in [5, 5.41) is 14.4. The predicted molar refractivity (Wildman–Crippen MR) is 82.9 cm³/mol. The number of anilines is 1. The van der Waals surface area contributed by atoms with E-state index in [0.717, 1.165) is 17.2 Å². The lowest BCUT2D eigenvalue weighted by Crippen LogP contribution is -2.43. The van der Waals surface area contributed by atoms with Gasteiger partial charge in [0.05, 0.1) is 7.11 Å². The molecular weight excluding hydrogens is 268 g/mol. The highest BCUT2D eigenvalue weighted by atomic mass is 16.5. The summed E-state index contributed by atoms with van der Waals surface area (Å²) in [5.74, 6) is 0.391. The van der Waals surface area contributed by atoms with Crippen LogP contribution in [0.5, 0.6) is 5.75 Å². The van der Waals surface area contributed by atoms with Gasteiger partial charge in [-0.3, -0.25) is 0 Å². The molecule has 1 unspecified atom stereocenters. The van der Waals surface area contributed by atoms with Gasteiger partial charge < -0.3 is 15.2 Å². The minimum Gasteiger partial charge on any atom is -0.497 e.